The zero-order chi connectivity index (χ0) is 64.3. The molecule has 0 aliphatic carbocycles. The molecule has 17 nitrogen and oxygen atoms in total. The second kappa shape index (κ2) is 60.3. The van der Waals surface area contributed by atoms with E-state index in [0.717, 1.165) is 102 Å². The summed E-state index contributed by atoms with van der Waals surface area (Å²) in [4.78, 5) is 72.4. The summed E-state index contributed by atoms with van der Waals surface area (Å²) in [5, 5.41) is 10.6. The van der Waals surface area contributed by atoms with E-state index in [1.54, 1.807) is 0 Å². The van der Waals surface area contributed by atoms with Crippen LogP contribution in [0.1, 0.15) is 343 Å². The molecule has 87 heavy (non-hydrogen) atoms. The van der Waals surface area contributed by atoms with Crippen molar-refractivity contribution < 1.29 is 80.2 Å². The summed E-state index contributed by atoms with van der Waals surface area (Å²) in [6, 6.07) is 0. The summed E-state index contributed by atoms with van der Waals surface area (Å²) >= 11 is 0. The highest BCUT2D eigenvalue weighted by molar-refractivity contribution is 7.47. The monoisotopic (exact) mass is 1280 g/mol. The number of carbonyl (C=O) groups is 4. The van der Waals surface area contributed by atoms with E-state index >= 15 is 0 Å². The van der Waals surface area contributed by atoms with Gasteiger partial charge in [0, 0.05) is 25.7 Å². The molecule has 19 heteroatoms. The van der Waals surface area contributed by atoms with Crippen molar-refractivity contribution in [1.29, 1.82) is 0 Å². The van der Waals surface area contributed by atoms with Gasteiger partial charge in [-0.1, -0.05) is 292 Å². The molecule has 0 amide bonds. The van der Waals surface area contributed by atoms with Crippen LogP contribution in [-0.4, -0.2) is 96.7 Å². The van der Waals surface area contributed by atoms with Crippen LogP contribution in [0.15, 0.2) is 0 Å². The lowest BCUT2D eigenvalue weighted by Crippen LogP contribution is -2.30. The molecule has 6 atom stereocenters. The van der Waals surface area contributed by atoms with Crippen molar-refractivity contribution in [2.24, 2.45) is 11.8 Å². The SMILES string of the molecule is CCCCCCCCCCCCCCCCCC(=O)O[C@H](COC(=O)CCCCCCCCCCC(C)CC)COP(=O)(O)OC[C@@H](O)COP(=O)(O)OC[C@@H](COC(=O)CCCCCCCCCCC)OC(=O)CCCCCCCCCCC(C)C. The minimum Gasteiger partial charge on any atom is -0.462 e. The normalized spacial score (nSPS) is 14.5. The van der Waals surface area contributed by atoms with Gasteiger partial charge in [-0.05, 0) is 37.5 Å². The molecule has 0 aliphatic rings. The fourth-order valence-electron chi connectivity index (χ4n) is 10.2. The van der Waals surface area contributed by atoms with Gasteiger partial charge in [0.15, 0.2) is 12.2 Å². The Labute approximate surface area is 530 Å². The highest BCUT2D eigenvalue weighted by Gasteiger charge is 2.30. The van der Waals surface area contributed by atoms with Crippen molar-refractivity contribution in [2.45, 2.75) is 362 Å². The maximum Gasteiger partial charge on any atom is 0.472 e. The highest BCUT2D eigenvalue weighted by Crippen LogP contribution is 2.45. The van der Waals surface area contributed by atoms with Crippen LogP contribution in [0.2, 0.25) is 0 Å². The quantitative estimate of drug-likeness (QED) is 0.0222. The number of carbonyl (C=O) groups excluding carboxylic acids is 4. The van der Waals surface area contributed by atoms with Gasteiger partial charge in [-0.25, -0.2) is 9.13 Å². The van der Waals surface area contributed by atoms with Crippen molar-refractivity contribution >= 4 is 39.5 Å². The van der Waals surface area contributed by atoms with Crippen LogP contribution in [0, 0.1) is 11.8 Å². The molecule has 0 saturated heterocycles. The molecule has 3 unspecified atom stereocenters. The molecule has 3 N–H and O–H groups in total. The Bertz CT molecular complexity index is 1700. The van der Waals surface area contributed by atoms with Crippen LogP contribution in [0.4, 0.5) is 0 Å². The molecule has 0 aromatic rings. The van der Waals surface area contributed by atoms with Gasteiger partial charge in [0.2, 0.25) is 0 Å². The first-order valence-electron chi connectivity index (χ1n) is 35.5. The predicted octanol–water partition coefficient (Wildman–Crippen LogP) is 19.2. The molecule has 0 aromatic heterocycles. The van der Waals surface area contributed by atoms with E-state index in [4.69, 9.17) is 37.0 Å². The zero-order valence-corrected chi connectivity index (χ0v) is 58.1. The summed E-state index contributed by atoms with van der Waals surface area (Å²) in [6.07, 6.45) is 44.4. The first-order chi connectivity index (χ1) is 41.9. The van der Waals surface area contributed by atoms with E-state index in [1.807, 2.05) is 0 Å². The van der Waals surface area contributed by atoms with Crippen molar-refractivity contribution in [2.75, 3.05) is 39.6 Å². The molecule has 516 valence electrons. The lowest BCUT2D eigenvalue weighted by molar-refractivity contribution is -0.161. The van der Waals surface area contributed by atoms with E-state index in [2.05, 4.69) is 41.5 Å². The van der Waals surface area contributed by atoms with Gasteiger partial charge in [0.1, 0.15) is 19.3 Å². The number of unbranched alkanes of at least 4 members (excludes halogenated alkanes) is 36. The Morgan fingerprint density at radius 2 is 0.586 bits per heavy atom. The van der Waals surface area contributed by atoms with Crippen molar-refractivity contribution in [1.82, 2.24) is 0 Å². The van der Waals surface area contributed by atoms with Gasteiger partial charge < -0.3 is 33.8 Å². The summed E-state index contributed by atoms with van der Waals surface area (Å²) in [5.41, 5.74) is 0. The van der Waals surface area contributed by atoms with Crippen LogP contribution in [0.5, 0.6) is 0 Å². The van der Waals surface area contributed by atoms with Crippen molar-refractivity contribution in [3.8, 4) is 0 Å². The Hall–Kier alpha value is -1.94. The maximum absolute atomic E-state index is 13.0. The van der Waals surface area contributed by atoms with Crippen LogP contribution >= 0.6 is 15.6 Å². The fraction of sp³-hybridized carbons (Fsp3) is 0.941. The third-order valence-corrected chi connectivity index (χ3v) is 18.0. The van der Waals surface area contributed by atoms with Gasteiger partial charge in [0.05, 0.1) is 26.4 Å². The Kier molecular flexibility index (Phi) is 59.0. The molecule has 0 fully saturated rings. The number of aliphatic hydroxyl groups is 1. The van der Waals surface area contributed by atoms with E-state index in [-0.39, 0.29) is 25.7 Å². The van der Waals surface area contributed by atoms with Gasteiger partial charge in [-0.3, -0.25) is 37.3 Å². The summed E-state index contributed by atoms with van der Waals surface area (Å²) < 4.78 is 68.2. The average molecular weight is 1280 g/mol. The molecule has 0 heterocycles. The zero-order valence-electron chi connectivity index (χ0n) is 56.3. The summed E-state index contributed by atoms with van der Waals surface area (Å²) in [7, 11) is -9.89. The predicted molar refractivity (Wildman–Crippen MR) is 349 cm³/mol. The second-order valence-corrected chi connectivity index (χ2v) is 28.2. The Balaban J connectivity index is 5.24. The second-order valence-electron chi connectivity index (χ2n) is 25.3. The van der Waals surface area contributed by atoms with Gasteiger partial charge in [-0.15, -0.1) is 0 Å². The van der Waals surface area contributed by atoms with Gasteiger partial charge in [-0.2, -0.15) is 0 Å². The van der Waals surface area contributed by atoms with E-state index in [0.29, 0.717) is 25.7 Å². The number of aliphatic hydroxyl groups excluding tert-OH is 1. The molecule has 0 aromatic carbocycles. The number of hydrogen-bond acceptors (Lipinski definition) is 15. The number of esters is 4. The Morgan fingerprint density at radius 3 is 0.874 bits per heavy atom. The van der Waals surface area contributed by atoms with Crippen LogP contribution < -0.4 is 0 Å². The highest BCUT2D eigenvalue weighted by atomic mass is 31.2. The standard InChI is InChI=1S/C68H132O17P2/c1-7-10-12-14-16-18-19-20-21-22-23-25-34-40-46-52-67(72)84-63(57-79-66(71)51-45-39-33-29-27-31-37-43-49-61(6)9-3)58-82-86(74,75)80-54-62(69)55-81-87(76,77)83-59-64(56-78-65(70)50-44-38-32-24-17-15-13-11-8-2)85-68(73)53-47-41-35-28-26-30-36-42-48-60(4)5/h60-64,69H,7-59H2,1-6H3,(H,74,75)(H,76,77)/t61?,62-,63-,64-/m1/s1. The molecule has 0 aliphatic heterocycles. The number of phosphoric ester groups is 2. The average Bonchev–Trinajstić information content (AvgIpc) is 3.58. The van der Waals surface area contributed by atoms with E-state index < -0.39 is 97.5 Å². The Morgan fingerprint density at radius 1 is 0.333 bits per heavy atom. The molecule has 0 rings (SSSR count). The van der Waals surface area contributed by atoms with E-state index in [9.17, 15) is 43.2 Å². The minimum atomic E-state index is -4.95. The van der Waals surface area contributed by atoms with Crippen LogP contribution in [0.25, 0.3) is 0 Å². The van der Waals surface area contributed by atoms with E-state index in [1.165, 1.54) is 161 Å². The molecule has 0 radical (unpaired) electrons. The smallest absolute Gasteiger partial charge is 0.462 e. The molecule has 0 spiro atoms. The minimum absolute atomic E-state index is 0.104. The first-order valence-corrected chi connectivity index (χ1v) is 38.5. The third-order valence-electron chi connectivity index (χ3n) is 16.1. The summed E-state index contributed by atoms with van der Waals surface area (Å²) in [5.74, 6) is -0.633. The van der Waals surface area contributed by atoms with Crippen molar-refractivity contribution in [3.05, 3.63) is 0 Å². The van der Waals surface area contributed by atoms with Crippen LogP contribution in [0.3, 0.4) is 0 Å². The molecule has 0 saturated carbocycles. The topological polar surface area (TPSA) is 237 Å². The number of rotatable bonds is 67. The first kappa shape index (κ1) is 85.1. The molecular formula is C68H132O17P2. The number of phosphoric acid groups is 2. The number of hydrogen-bond donors (Lipinski definition) is 3. The molecule has 0 bridgehead atoms. The summed E-state index contributed by atoms with van der Waals surface area (Å²) in [6.45, 7) is 9.48. The molecular weight excluding hydrogens is 1150 g/mol. The van der Waals surface area contributed by atoms with Gasteiger partial charge >= 0.3 is 39.5 Å². The fourth-order valence-corrected chi connectivity index (χ4v) is 11.8. The third kappa shape index (κ3) is 61.3. The lowest BCUT2D eigenvalue weighted by Gasteiger charge is -2.21. The van der Waals surface area contributed by atoms with Gasteiger partial charge in [0.25, 0.3) is 0 Å². The lowest BCUT2D eigenvalue weighted by atomic mass is 9.99. The van der Waals surface area contributed by atoms with Crippen molar-refractivity contribution in [3.63, 3.8) is 0 Å². The van der Waals surface area contributed by atoms with Crippen LogP contribution in [-0.2, 0) is 65.4 Å². The number of ether oxygens (including phenoxy) is 4. The maximum atomic E-state index is 13.0. The largest absolute Gasteiger partial charge is 0.472 e.